The van der Waals surface area contributed by atoms with E-state index in [9.17, 15) is 14.9 Å². The molecule has 1 rings (SSSR count). The maximum atomic E-state index is 10.9. The summed E-state index contributed by atoms with van der Waals surface area (Å²) in [5.41, 5.74) is 0. The van der Waals surface area contributed by atoms with Crippen LogP contribution in [0.25, 0.3) is 0 Å². The van der Waals surface area contributed by atoms with Gasteiger partial charge in [0.15, 0.2) is 0 Å². The Morgan fingerprint density at radius 2 is 2.06 bits per heavy atom. The van der Waals surface area contributed by atoms with Crippen LogP contribution < -0.4 is 9.79 Å². The van der Waals surface area contributed by atoms with Crippen LogP contribution >= 0.6 is 6.72 Å². The molecule has 1 N–H and O–H groups in total. The summed E-state index contributed by atoms with van der Waals surface area (Å²) in [6, 6.07) is 0. The van der Waals surface area contributed by atoms with E-state index in [2.05, 4.69) is 16.3 Å². The van der Waals surface area contributed by atoms with Crippen molar-refractivity contribution in [1.82, 2.24) is 0 Å². The standard InChI is InChI=1S/C9H19O6PS/c1-5(2)13-4-7-9(15-16(11,12)17)8(10)6(3)14-7/h5-10H,4H2,1-3H3,(H2,11,12,17)/p-2/t6-,7+,8+,9?/m0/s1. The highest BCUT2D eigenvalue weighted by Crippen LogP contribution is 2.35. The summed E-state index contributed by atoms with van der Waals surface area (Å²) in [7, 11) is 0. The van der Waals surface area contributed by atoms with Gasteiger partial charge in [0.25, 0.3) is 0 Å². The van der Waals surface area contributed by atoms with Crippen molar-refractivity contribution < 1.29 is 28.9 Å². The summed E-state index contributed by atoms with van der Waals surface area (Å²) >= 11 is 4.17. The lowest BCUT2D eigenvalue weighted by molar-refractivity contribution is -0.326. The molecule has 0 amide bonds. The topological polar surface area (TPSA) is 94.0 Å². The summed E-state index contributed by atoms with van der Waals surface area (Å²) in [5, 5.41) is 9.74. The summed E-state index contributed by atoms with van der Waals surface area (Å²) in [5.74, 6) is 0. The second-order valence-electron chi connectivity index (χ2n) is 4.27. The van der Waals surface area contributed by atoms with E-state index < -0.39 is 31.1 Å². The Balaban J connectivity index is 2.64. The van der Waals surface area contributed by atoms with Gasteiger partial charge < -0.3 is 28.9 Å². The zero-order valence-corrected chi connectivity index (χ0v) is 11.6. The SMILES string of the molecule is CC(C)OC[C@H]1O[C@@H](C)[C@@H](O)C1OP([O-])([O-])=S. The van der Waals surface area contributed by atoms with Crippen LogP contribution in [0, 0.1) is 0 Å². The Morgan fingerprint density at radius 1 is 1.47 bits per heavy atom. The van der Waals surface area contributed by atoms with Gasteiger partial charge in [0.05, 0.1) is 18.8 Å². The lowest BCUT2D eigenvalue weighted by Crippen LogP contribution is -2.39. The van der Waals surface area contributed by atoms with E-state index >= 15 is 0 Å². The number of hydrogen-bond donors (Lipinski definition) is 1. The van der Waals surface area contributed by atoms with Crippen LogP contribution in [0.3, 0.4) is 0 Å². The van der Waals surface area contributed by atoms with Crippen molar-refractivity contribution in [2.45, 2.75) is 51.3 Å². The van der Waals surface area contributed by atoms with Gasteiger partial charge in [0.2, 0.25) is 0 Å². The Bertz CT molecular complexity index is 293. The van der Waals surface area contributed by atoms with Gasteiger partial charge in [-0.15, -0.1) is 11.8 Å². The fourth-order valence-electron chi connectivity index (χ4n) is 1.62. The van der Waals surface area contributed by atoms with Crippen molar-refractivity contribution in [3.8, 4) is 0 Å². The third kappa shape index (κ3) is 4.89. The van der Waals surface area contributed by atoms with Gasteiger partial charge in [-0.05, 0) is 20.8 Å². The predicted octanol–water partition coefficient (Wildman–Crippen LogP) is -1.11. The average Bonchev–Trinajstić information content (AvgIpc) is 2.40. The van der Waals surface area contributed by atoms with Crippen LogP contribution in [-0.4, -0.2) is 42.2 Å². The molecule has 0 spiro atoms. The first-order valence-corrected chi connectivity index (χ1v) is 7.92. The normalized spacial score (nSPS) is 34.5. The van der Waals surface area contributed by atoms with Crippen LogP contribution in [0.15, 0.2) is 0 Å². The molecule has 0 aromatic rings. The molecule has 1 saturated heterocycles. The van der Waals surface area contributed by atoms with Gasteiger partial charge in [-0.3, -0.25) is 0 Å². The highest BCUT2D eigenvalue weighted by Gasteiger charge is 2.42. The zero-order chi connectivity index (χ0) is 13.2. The fraction of sp³-hybridized carbons (Fsp3) is 1.00. The van der Waals surface area contributed by atoms with Crippen molar-refractivity contribution in [2.75, 3.05) is 6.61 Å². The van der Waals surface area contributed by atoms with E-state index in [1.165, 1.54) is 0 Å². The highest BCUT2D eigenvalue weighted by molar-refractivity contribution is 8.05. The first kappa shape index (κ1) is 15.5. The van der Waals surface area contributed by atoms with Crippen LogP contribution in [0.1, 0.15) is 20.8 Å². The Morgan fingerprint density at radius 3 is 2.53 bits per heavy atom. The molecule has 17 heavy (non-hydrogen) atoms. The molecule has 1 heterocycles. The molecular formula is C9H17O6PS-2. The highest BCUT2D eigenvalue weighted by atomic mass is 32.5. The third-order valence-electron chi connectivity index (χ3n) is 2.42. The second kappa shape index (κ2) is 6.04. The monoisotopic (exact) mass is 284 g/mol. The van der Waals surface area contributed by atoms with Gasteiger partial charge in [-0.25, -0.2) is 0 Å². The number of aliphatic hydroxyl groups is 1. The van der Waals surface area contributed by atoms with E-state index in [0.29, 0.717) is 0 Å². The minimum atomic E-state index is -4.33. The number of rotatable bonds is 5. The van der Waals surface area contributed by atoms with E-state index in [1.807, 2.05) is 13.8 Å². The van der Waals surface area contributed by atoms with Gasteiger partial charge in [-0.2, -0.15) is 0 Å². The molecule has 0 saturated carbocycles. The number of aliphatic hydroxyl groups excluding tert-OH is 1. The third-order valence-corrected chi connectivity index (χ3v) is 3.18. The molecule has 1 unspecified atom stereocenters. The van der Waals surface area contributed by atoms with E-state index in [4.69, 9.17) is 9.47 Å². The van der Waals surface area contributed by atoms with Crippen molar-refractivity contribution in [3.05, 3.63) is 0 Å². The first-order valence-electron chi connectivity index (χ1n) is 5.36. The quantitative estimate of drug-likeness (QED) is 0.640. The molecule has 1 aliphatic rings. The Kier molecular flexibility index (Phi) is 5.49. The van der Waals surface area contributed by atoms with Gasteiger partial charge in [0, 0.05) is 0 Å². The molecule has 1 aliphatic heterocycles. The fourth-order valence-corrected chi connectivity index (χ4v) is 2.48. The molecule has 0 aromatic heterocycles. The Labute approximate surface area is 106 Å². The van der Waals surface area contributed by atoms with E-state index in [0.717, 1.165) is 0 Å². The molecule has 0 aliphatic carbocycles. The van der Waals surface area contributed by atoms with Gasteiger partial charge >= 0.3 is 0 Å². The molecule has 4 atom stereocenters. The average molecular weight is 284 g/mol. The first-order chi connectivity index (χ1) is 7.70. The maximum Gasteiger partial charge on any atom is 0.116 e. The minimum Gasteiger partial charge on any atom is -0.812 e. The molecule has 0 aromatic carbocycles. The lowest BCUT2D eigenvalue weighted by atomic mass is 10.1. The van der Waals surface area contributed by atoms with Crippen molar-refractivity contribution >= 4 is 18.5 Å². The van der Waals surface area contributed by atoms with Crippen molar-refractivity contribution in [3.63, 3.8) is 0 Å². The molecule has 0 bridgehead atoms. The Hall–Kier alpha value is 0.410. The molecule has 6 nitrogen and oxygen atoms in total. The van der Waals surface area contributed by atoms with Gasteiger partial charge in [-0.1, -0.05) is 6.72 Å². The summed E-state index contributed by atoms with van der Waals surface area (Å²) in [4.78, 5) is 21.9. The predicted molar refractivity (Wildman–Crippen MR) is 60.6 cm³/mol. The summed E-state index contributed by atoms with van der Waals surface area (Å²) < 4.78 is 15.4. The molecule has 8 heteroatoms. The number of ether oxygens (including phenoxy) is 2. The van der Waals surface area contributed by atoms with E-state index in [1.54, 1.807) is 6.92 Å². The van der Waals surface area contributed by atoms with Crippen molar-refractivity contribution in [1.29, 1.82) is 0 Å². The minimum absolute atomic E-state index is 0.0187. The van der Waals surface area contributed by atoms with Crippen LogP contribution in [-0.2, 0) is 25.8 Å². The maximum absolute atomic E-state index is 10.9. The van der Waals surface area contributed by atoms with Crippen LogP contribution in [0.2, 0.25) is 0 Å². The smallest absolute Gasteiger partial charge is 0.116 e. The molecule has 102 valence electrons. The van der Waals surface area contributed by atoms with Crippen molar-refractivity contribution in [2.24, 2.45) is 0 Å². The number of hydrogen-bond acceptors (Lipinski definition) is 7. The second-order valence-corrected chi connectivity index (χ2v) is 6.72. The van der Waals surface area contributed by atoms with Crippen LogP contribution in [0.4, 0.5) is 0 Å². The molecule has 0 radical (unpaired) electrons. The zero-order valence-electron chi connectivity index (χ0n) is 9.94. The van der Waals surface area contributed by atoms with Gasteiger partial charge in [0.1, 0.15) is 18.3 Å². The molecular weight excluding hydrogens is 267 g/mol. The molecule has 1 fully saturated rings. The summed E-state index contributed by atoms with van der Waals surface area (Å²) in [6.45, 7) is 1.15. The largest absolute Gasteiger partial charge is 0.812 e. The summed E-state index contributed by atoms with van der Waals surface area (Å²) in [6.07, 6.45) is -3.18. The van der Waals surface area contributed by atoms with Crippen LogP contribution in [0.5, 0.6) is 0 Å². The lowest BCUT2D eigenvalue weighted by Gasteiger charge is -2.39. The van der Waals surface area contributed by atoms with E-state index in [-0.39, 0.29) is 12.7 Å².